The van der Waals surface area contributed by atoms with Crippen LogP contribution in [-0.4, -0.2) is 51.7 Å². The van der Waals surface area contributed by atoms with E-state index in [1.54, 1.807) is 12.0 Å². The molecule has 2 aromatic carbocycles. The lowest BCUT2D eigenvalue weighted by Crippen LogP contribution is -2.42. The van der Waals surface area contributed by atoms with E-state index in [0.29, 0.717) is 17.5 Å². The largest absolute Gasteiger partial charge is 0.497 e. The molecule has 186 valence electrons. The normalized spacial score (nSPS) is 18.4. The van der Waals surface area contributed by atoms with Crippen LogP contribution < -0.4 is 25.0 Å². The summed E-state index contributed by atoms with van der Waals surface area (Å²) in [4.78, 5) is 14.3. The number of hydrogen-bond acceptors (Lipinski definition) is 7. The zero-order valence-electron chi connectivity index (χ0n) is 20.6. The van der Waals surface area contributed by atoms with Gasteiger partial charge in [-0.2, -0.15) is 0 Å². The maximum absolute atomic E-state index is 12.6. The molecule has 1 amide bonds. The van der Waals surface area contributed by atoms with E-state index in [-0.39, 0.29) is 6.04 Å². The molecule has 2 aliphatic heterocycles. The molecule has 0 bridgehead atoms. The van der Waals surface area contributed by atoms with E-state index in [1.165, 1.54) is 13.3 Å². The van der Waals surface area contributed by atoms with Gasteiger partial charge in [0.2, 0.25) is 0 Å². The molecule has 2 aromatic rings. The predicted molar refractivity (Wildman–Crippen MR) is 138 cm³/mol. The second-order valence-corrected chi connectivity index (χ2v) is 8.88. The molecule has 0 radical (unpaired) electrons. The van der Waals surface area contributed by atoms with Gasteiger partial charge in [-0.25, -0.2) is 4.79 Å². The third kappa shape index (κ3) is 5.43. The Kier molecular flexibility index (Phi) is 7.92. The van der Waals surface area contributed by atoms with Crippen molar-refractivity contribution in [2.24, 2.45) is 0 Å². The fraction of sp³-hybridized carbons (Fsp3) is 0.407. The third-order valence-electron chi connectivity index (χ3n) is 6.68. The number of allylic oxidation sites excluding steroid dienone is 1. The van der Waals surface area contributed by atoms with Crippen LogP contribution in [0, 0.1) is 5.41 Å². The molecule has 35 heavy (non-hydrogen) atoms. The molecule has 8 heteroatoms. The summed E-state index contributed by atoms with van der Waals surface area (Å²) in [6.45, 7) is 3.99. The van der Waals surface area contributed by atoms with Crippen molar-refractivity contribution in [3.8, 4) is 17.2 Å². The van der Waals surface area contributed by atoms with Crippen molar-refractivity contribution in [1.29, 1.82) is 5.41 Å². The number of carbonyl (C=O) groups excluding carboxylic acids is 1. The summed E-state index contributed by atoms with van der Waals surface area (Å²) < 4.78 is 16.8. The van der Waals surface area contributed by atoms with Crippen LogP contribution in [0.15, 0.2) is 42.6 Å². The Balaban J connectivity index is 1.77. The smallest absolute Gasteiger partial charge is 0.414 e. The van der Waals surface area contributed by atoms with Crippen LogP contribution in [0.2, 0.25) is 0 Å². The van der Waals surface area contributed by atoms with Gasteiger partial charge in [-0.15, -0.1) is 0 Å². The molecule has 3 N–H and O–H groups in total. The number of carbonyl (C=O) groups is 1. The minimum absolute atomic E-state index is 0.00830. The number of hydrogen-bond donors (Lipinski definition) is 3. The Labute approximate surface area is 206 Å². The van der Waals surface area contributed by atoms with E-state index in [4.69, 9.17) is 19.6 Å². The van der Waals surface area contributed by atoms with Gasteiger partial charge in [0, 0.05) is 41.2 Å². The van der Waals surface area contributed by atoms with Crippen LogP contribution >= 0.6 is 0 Å². The molecular formula is C27H34N4O4. The van der Waals surface area contributed by atoms with Crippen LogP contribution in [0.3, 0.4) is 0 Å². The highest BCUT2D eigenvalue weighted by molar-refractivity contribution is 6.10. The number of methoxy groups -OCH3 is 2. The van der Waals surface area contributed by atoms with Gasteiger partial charge >= 0.3 is 6.09 Å². The highest BCUT2D eigenvalue weighted by atomic mass is 16.5. The maximum atomic E-state index is 12.6. The number of amides is 1. The average molecular weight is 479 g/mol. The van der Waals surface area contributed by atoms with E-state index in [0.717, 1.165) is 66.9 Å². The molecule has 2 heterocycles. The van der Waals surface area contributed by atoms with Gasteiger partial charge in [0.15, 0.2) is 0 Å². The second kappa shape index (κ2) is 11.3. The van der Waals surface area contributed by atoms with Crippen molar-refractivity contribution in [2.45, 2.75) is 44.7 Å². The summed E-state index contributed by atoms with van der Waals surface area (Å²) in [5.74, 6) is 2.04. The zero-order valence-corrected chi connectivity index (χ0v) is 20.6. The number of piperidine rings is 1. The number of rotatable bonds is 7. The van der Waals surface area contributed by atoms with Crippen molar-refractivity contribution in [1.82, 2.24) is 10.6 Å². The molecule has 0 aliphatic carbocycles. The SMILES string of the molecule is COC(=O)N1c2ccc(/C(C=N)=C/NC3CCNCC3)c(Oc3ccc(OC)cc3)c2CC[C@@H]1C. The quantitative estimate of drug-likeness (QED) is 0.498. The Hall–Kier alpha value is -3.52. The molecule has 4 rings (SSSR count). The van der Waals surface area contributed by atoms with Gasteiger partial charge in [-0.1, -0.05) is 0 Å². The Morgan fingerprint density at radius 2 is 1.80 bits per heavy atom. The Morgan fingerprint density at radius 1 is 1.09 bits per heavy atom. The Bertz CT molecular complexity index is 1080. The van der Waals surface area contributed by atoms with Crippen molar-refractivity contribution in [3.05, 3.63) is 53.7 Å². The van der Waals surface area contributed by atoms with Gasteiger partial charge in [-0.05, 0) is 82.1 Å². The number of fused-ring (bicyclic) bond motifs is 1. The molecule has 8 nitrogen and oxygen atoms in total. The van der Waals surface area contributed by atoms with Crippen molar-refractivity contribution >= 4 is 23.6 Å². The molecule has 0 unspecified atom stereocenters. The first-order valence-corrected chi connectivity index (χ1v) is 12.1. The van der Waals surface area contributed by atoms with Gasteiger partial charge in [0.25, 0.3) is 0 Å². The summed E-state index contributed by atoms with van der Waals surface area (Å²) in [5, 5.41) is 15.0. The van der Waals surface area contributed by atoms with E-state index >= 15 is 0 Å². The van der Waals surface area contributed by atoms with E-state index in [1.807, 2.05) is 49.5 Å². The first-order chi connectivity index (χ1) is 17.0. The summed E-state index contributed by atoms with van der Waals surface area (Å²) in [5.41, 5.74) is 3.23. The van der Waals surface area contributed by atoms with Crippen LogP contribution in [-0.2, 0) is 11.2 Å². The lowest BCUT2D eigenvalue weighted by Gasteiger charge is -2.35. The zero-order chi connectivity index (χ0) is 24.8. The van der Waals surface area contributed by atoms with Gasteiger partial charge in [0.1, 0.15) is 17.2 Å². The molecule has 1 saturated heterocycles. The van der Waals surface area contributed by atoms with Crippen LogP contribution in [0.1, 0.15) is 37.3 Å². The molecule has 1 fully saturated rings. The van der Waals surface area contributed by atoms with Gasteiger partial charge < -0.3 is 30.3 Å². The van der Waals surface area contributed by atoms with Crippen LogP contribution in [0.25, 0.3) is 5.57 Å². The molecular weight excluding hydrogens is 444 g/mol. The minimum atomic E-state index is -0.392. The lowest BCUT2D eigenvalue weighted by atomic mass is 9.92. The molecule has 1 atom stereocenters. The van der Waals surface area contributed by atoms with Crippen molar-refractivity contribution in [3.63, 3.8) is 0 Å². The van der Waals surface area contributed by atoms with Gasteiger partial charge in [0.05, 0.1) is 19.9 Å². The fourth-order valence-electron chi connectivity index (χ4n) is 4.68. The predicted octanol–water partition coefficient (Wildman–Crippen LogP) is 4.73. The highest BCUT2D eigenvalue weighted by Crippen LogP contribution is 2.43. The highest BCUT2D eigenvalue weighted by Gasteiger charge is 2.32. The van der Waals surface area contributed by atoms with Crippen molar-refractivity contribution < 1.29 is 19.0 Å². The topological polar surface area (TPSA) is 95.9 Å². The first-order valence-electron chi connectivity index (χ1n) is 12.1. The van der Waals surface area contributed by atoms with E-state index in [9.17, 15) is 4.79 Å². The lowest BCUT2D eigenvalue weighted by molar-refractivity contribution is 0.175. The molecule has 2 aliphatic rings. The average Bonchev–Trinajstić information content (AvgIpc) is 2.90. The number of benzene rings is 2. The molecule has 0 saturated carbocycles. The standard InChI is InChI=1S/C27H34N4O4/c1-18-4-9-24-25(31(18)27(32)34-3)11-10-23(19(16-28)17-30-20-12-14-29-15-13-20)26(24)35-22-7-5-21(33-2)6-8-22/h5-8,10-11,16-18,20,28-30H,4,9,12-15H2,1-3H3/b19-17+,28-16?/t18-/m0/s1. The second-order valence-electron chi connectivity index (χ2n) is 8.88. The van der Waals surface area contributed by atoms with Crippen LogP contribution in [0.5, 0.6) is 17.2 Å². The maximum Gasteiger partial charge on any atom is 0.414 e. The fourth-order valence-corrected chi connectivity index (χ4v) is 4.68. The third-order valence-corrected chi connectivity index (χ3v) is 6.68. The monoisotopic (exact) mass is 478 g/mol. The Morgan fingerprint density at radius 3 is 2.46 bits per heavy atom. The van der Waals surface area contributed by atoms with Crippen molar-refractivity contribution in [2.75, 3.05) is 32.2 Å². The summed E-state index contributed by atoms with van der Waals surface area (Å²) in [6.07, 6.45) is 6.46. The van der Waals surface area contributed by atoms with E-state index < -0.39 is 6.09 Å². The first kappa shape index (κ1) is 24.6. The number of nitrogens with zero attached hydrogens (tertiary/aromatic N) is 1. The number of ether oxygens (including phenoxy) is 3. The van der Waals surface area contributed by atoms with Crippen LogP contribution in [0.4, 0.5) is 10.5 Å². The summed E-state index contributed by atoms with van der Waals surface area (Å²) in [6, 6.07) is 11.6. The number of anilines is 1. The number of nitrogens with one attached hydrogen (secondary N) is 3. The minimum Gasteiger partial charge on any atom is -0.497 e. The molecule has 0 spiro atoms. The van der Waals surface area contributed by atoms with Gasteiger partial charge in [-0.3, -0.25) is 4.90 Å². The summed E-state index contributed by atoms with van der Waals surface area (Å²) in [7, 11) is 3.02. The molecule has 0 aromatic heterocycles. The summed E-state index contributed by atoms with van der Waals surface area (Å²) >= 11 is 0. The van der Waals surface area contributed by atoms with E-state index in [2.05, 4.69) is 10.6 Å².